The van der Waals surface area contributed by atoms with Gasteiger partial charge in [0.1, 0.15) is 5.75 Å². The Balaban J connectivity index is 3.09. The van der Waals surface area contributed by atoms with Crippen molar-refractivity contribution in [3.8, 4) is 5.75 Å². The van der Waals surface area contributed by atoms with Gasteiger partial charge in [-0.25, -0.2) is 9.38 Å². The fourth-order valence-electron chi connectivity index (χ4n) is 2.19. The Morgan fingerprint density at radius 1 is 1.17 bits per heavy atom. The topological polar surface area (TPSA) is 57.5 Å². The van der Waals surface area contributed by atoms with Crippen LogP contribution in [0.5, 0.6) is 5.75 Å². The highest BCUT2D eigenvalue weighted by molar-refractivity contribution is 8.02. The Kier molecular flexibility index (Phi) is 10.6. The Bertz CT molecular complexity index is 872. The SMILES string of the molecule is CN=CN(C(=O)/C=C/C(C)=C(/N=C\C(F)=C(/C)N(C)C)SC)c1ccc(OC)cc1. The van der Waals surface area contributed by atoms with Gasteiger partial charge >= 0.3 is 0 Å². The number of nitrogens with zero attached hydrogens (tertiary/aromatic N) is 4. The molecule has 0 fully saturated rings. The summed E-state index contributed by atoms with van der Waals surface area (Å²) in [5, 5.41) is 0.612. The Morgan fingerprint density at radius 3 is 2.30 bits per heavy atom. The second-order valence-corrected chi connectivity index (χ2v) is 7.19. The molecule has 162 valence electrons. The average Bonchev–Trinajstić information content (AvgIpc) is 2.75. The summed E-state index contributed by atoms with van der Waals surface area (Å²) in [6.07, 6.45) is 7.58. The van der Waals surface area contributed by atoms with E-state index in [-0.39, 0.29) is 5.91 Å². The lowest BCUT2D eigenvalue weighted by atomic mass is 10.2. The molecule has 30 heavy (non-hydrogen) atoms. The molecule has 0 radical (unpaired) electrons. The van der Waals surface area contributed by atoms with Crippen molar-refractivity contribution in [3.63, 3.8) is 0 Å². The van der Waals surface area contributed by atoms with Gasteiger partial charge in [0.05, 0.1) is 30.4 Å². The molecule has 0 aliphatic carbocycles. The molecule has 1 aromatic rings. The first kappa shape index (κ1) is 25.2. The zero-order valence-electron chi connectivity index (χ0n) is 18.5. The molecular formula is C22H29FN4O2S. The van der Waals surface area contributed by atoms with Gasteiger partial charge in [-0.2, -0.15) is 0 Å². The highest BCUT2D eigenvalue weighted by atomic mass is 32.2. The number of amides is 1. The highest BCUT2D eigenvalue weighted by Gasteiger charge is 2.11. The van der Waals surface area contributed by atoms with Crippen molar-refractivity contribution in [3.05, 3.63) is 58.5 Å². The van der Waals surface area contributed by atoms with Crippen molar-refractivity contribution in [2.24, 2.45) is 9.98 Å². The molecule has 1 aromatic carbocycles. The van der Waals surface area contributed by atoms with Gasteiger partial charge in [-0.15, -0.1) is 11.8 Å². The number of anilines is 1. The van der Waals surface area contributed by atoms with Crippen LogP contribution in [-0.4, -0.2) is 57.9 Å². The highest BCUT2D eigenvalue weighted by Crippen LogP contribution is 2.21. The molecular weight excluding hydrogens is 403 g/mol. The van der Waals surface area contributed by atoms with Gasteiger partial charge < -0.3 is 9.64 Å². The van der Waals surface area contributed by atoms with E-state index in [9.17, 15) is 9.18 Å². The molecule has 0 atom stereocenters. The molecule has 0 aromatic heterocycles. The molecule has 1 amide bonds. The van der Waals surface area contributed by atoms with E-state index in [1.807, 2.05) is 13.2 Å². The van der Waals surface area contributed by atoms with Crippen molar-refractivity contribution < 1.29 is 13.9 Å². The smallest absolute Gasteiger partial charge is 0.256 e. The number of halogens is 1. The first-order valence-corrected chi connectivity index (χ1v) is 10.4. The summed E-state index contributed by atoms with van der Waals surface area (Å²) in [6, 6.07) is 7.09. The van der Waals surface area contributed by atoms with Crippen molar-refractivity contribution in [2.45, 2.75) is 13.8 Å². The summed E-state index contributed by atoms with van der Waals surface area (Å²) < 4.78 is 19.3. The summed E-state index contributed by atoms with van der Waals surface area (Å²) in [7, 11) is 6.71. The molecule has 0 aliphatic heterocycles. The number of hydrogen-bond acceptors (Lipinski definition) is 6. The van der Waals surface area contributed by atoms with Gasteiger partial charge in [-0.3, -0.25) is 14.7 Å². The van der Waals surface area contributed by atoms with Gasteiger partial charge in [-0.05, 0) is 49.9 Å². The van der Waals surface area contributed by atoms with Gasteiger partial charge in [-0.1, -0.05) is 6.08 Å². The van der Waals surface area contributed by atoms with E-state index in [1.165, 1.54) is 35.3 Å². The predicted molar refractivity (Wildman–Crippen MR) is 126 cm³/mol. The minimum atomic E-state index is -0.413. The molecule has 8 heteroatoms. The second kappa shape index (κ2) is 12.6. The average molecular weight is 433 g/mol. The summed E-state index contributed by atoms with van der Waals surface area (Å²) in [5.41, 5.74) is 1.88. The number of thioether (sulfide) groups is 1. The lowest BCUT2D eigenvalue weighted by molar-refractivity contribution is -0.113. The Hall–Kier alpha value is -2.87. The Labute approximate surface area is 182 Å². The minimum absolute atomic E-state index is 0.274. The fourth-order valence-corrected chi connectivity index (χ4v) is 2.74. The first-order valence-electron chi connectivity index (χ1n) is 9.15. The molecule has 0 saturated heterocycles. The zero-order valence-corrected chi connectivity index (χ0v) is 19.3. The molecule has 6 nitrogen and oxygen atoms in total. The van der Waals surface area contributed by atoms with E-state index in [2.05, 4.69) is 9.98 Å². The molecule has 0 unspecified atom stereocenters. The normalized spacial score (nSPS) is 13.6. The number of carbonyl (C=O) groups is 1. The predicted octanol–water partition coefficient (Wildman–Crippen LogP) is 4.67. The second-order valence-electron chi connectivity index (χ2n) is 6.39. The van der Waals surface area contributed by atoms with E-state index in [0.29, 0.717) is 22.2 Å². The summed E-state index contributed by atoms with van der Waals surface area (Å²) in [4.78, 5) is 24.0. The molecule has 0 spiro atoms. The maximum absolute atomic E-state index is 14.1. The van der Waals surface area contributed by atoms with E-state index in [0.717, 1.165) is 5.57 Å². The number of allylic oxidation sites excluding steroid dienone is 4. The van der Waals surface area contributed by atoms with Crippen LogP contribution in [0.3, 0.4) is 0 Å². The largest absolute Gasteiger partial charge is 0.497 e. The number of ether oxygens (including phenoxy) is 1. The number of hydrogen-bond donors (Lipinski definition) is 0. The van der Waals surface area contributed by atoms with Gasteiger partial charge in [0, 0.05) is 32.9 Å². The van der Waals surface area contributed by atoms with Crippen LogP contribution in [0.25, 0.3) is 0 Å². The lowest BCUT2D eigenvalue weighted by Crippen LogP contribution is -2.27. The van der Waals surface area contributed by atoms with Gasteiger partial charge in [0.15, 0.2) is 5.83 Å². The van der Waals surface area contributed by atoms with E-state index in [4.69, 9.17) is 4.74 Å². The Morgan fingerprint density at radius 2 is 1.80 bits per heavy atom. The lowest BCUT2D eigenvalue weighted by Gasteiger charge is -2.16. The van der Waals surface area contributed by atoms with E-state index >= 15 is 0 Å². The van der Waals surface area contributed by atoms with Crippen LogP contribution in [0.2, 0.25) is 0 Å². The molecule has 0 bridgehead atoms. The molecule has 0 aliphatic rings. The minimum Gasteiger partial charge on any atom is -0.497 e. The fraction of sp³-hybridized carbons (Fsp3) is 0.318. The van der Waals surface area contributed by atoms with Crippen molar-refractivity contribution in [1.29, 1.82) is 0 Å². The molecule has 0 N–H and O–H groups in total. The van der Waals surface area contributed by atoms with E-state index in [1.54, 1.807) is 70.4 Å². The van der Waals surface area contributed by atoms with Crippen molar-refractivity contribution in [1.82, 2.24) is 4.90 Å². The molecule has 0 heterocycles. The summed E-state index contributed by atoms with van der Waals surface area (Å²) in [5.74, 6) is 0.00971. The molecule has 0 saturated carbocycles. The zero-order chi connectivity index (χ0) is 22.7. The number of benzene rings is 1. The standard InChI is InChI=1S/C22H29FN4O2S/c1-16(22(30-7)25-14-20(23)17(2)26(4)5)8-13-21(28)27(15-24-3)18-9-11-19(29-6)12-10-18/h8-15H,1-7H3/b13-8+,20-17-,22-16-,24-15?,25-14-. The van der Waals surface area contributed by atoms with Gasteiger partial charge in [0.25, 0.3) is 5.91 Å². The maximum Gasteiger partial charge on any atom is 0.256 e. The quantitative estimate of drug-likeness (QED) is 0.246. The van der Waals surface area contributed by atoms with Crippen molar-refractivity contribution in [2.75, 3.05) is 39.4 Å². The third kappa shape index (κ3) is 7.51. The van der Waals surface area contributed by atoms with Crippen LogP contribution in [0.15, 0.2) is 68.5 Å². The summed E-state index contributed by atoms with van der Waals surface area (Å²) >= 11 is 1.37. The van der Waals surface area contributed by atoms with Crippen molar-refractivity contribution >= 4 is 35.9 Å². The maximum atomic E-state index is 14.1. The number of methoxy groups -OCH3 is 1. The van der Waals surface area contributed by atoms with Crippen LogP contribution in [-0.2, 0) is 4.79 Å². The third-order valence-electron chi connectivity index (χ3n) is 4.14. The number of aliphatic imine (C=N–C) groups is 2. The monoisotopic (exact) mass is 432 g/mol. The van der Waals surface area contributed by atoms with Gasteiger partial charge in [0.2, 0.25) is 0 Å². The third-order valence-corrected chi connectivity index (χ3v) is 4.95. The number of rotatable bonds is 9. The summed E-state index contributed by atoms with van der Waals surface area (Å²) in [6.45, 7) is 3.50. The first-order chi connectivity index (χ1) is 14.2. The number of carbonyl (C=O) groups excluding carboxylic acids is 1. The van der Waals surface area contributed by atoms with Crippen LogP contribution in [0, 0.1) is 0 Å². The molecule has 1 rings (SSSR count). The van der Waals surface area contributed by atoms with E-state index < -0.39 is 5.83 Å². The van der Waals surface area contributed by atoms with Crippen LogP contribution in [0.4, 0.5) is 10.1 Å². The van der Waals surface area contributed by atoms with Crippen LogP contribution >= 0.6 is 11.8 Å². The van der Waals surface area contributed by atoms with Crippen LogP contribution in [0.1, 0.15) is 13.8 Å². The van der Waals surface area contributed by atoms with Crippen LogP contribution < -0.4 is 9.64 Å².